The zero-order chi connectivity index (χ0) is 13.8. The largest absolute Gasteiger partial charge is 0.390 e. The van der Waals surface area contributed by atoms with Gasteiger partial charge in [0, 0.05) is 12.5 Å². The lowest BCUT2D eigenvalue weighted by atomic mass is 9.85. The molecule has 2 unspecified atom stereocenters. The monoisotopic (exact) mass is 273 g/mol. The second kappa shape index (κ2) is 6.28. The third-order valence-electron chi connectivity index (χ3n) is 5.29. The fourth-order valence-corrected chi connectivity index (χ4v) is 4.00. The van der Waals surface area contributed by atoms with E-state index in [1.54, 1.807) is 0 Å². The van der Waals surface area contributed by atoms with Crippen LogP contribution in [0.1, 0.15) is 44.1 Å². The van der Waals surface area contributed by atoms with E-state index in [4.69, 9.17) is 0 Å². The first-order valence-electron chi connectivity index (χ1n) is 8.25. The van der Waals surface area contributed by atoms with E-state index in [0.29, 0.717) is 5.92 Å². The van der Waals surface area contributed by atoms with Crippen LogP contribution in [0.3, 0.4) is 0 Å². The van der Waals surface area contributed by atoms with Crippen LogP contribution in [0.2, 0.25) is 0 Å². The van der Waals surface area contributed by atoms with Crippen molar-refractivity contribution in [1.29, 1.82) is 0 Å². The number of nitrogens with zero attached hydrogens (tertiary/aromatic N) is 1. The zero-order valence-electron chi connectivity index (χ0n) is 12.4. The summed E-state index contributed by atoms with van der Waals surface area (Å²) in [6, 6.07) is 10.6. The number of hydrogen-bond acceptors (Lipinski definition) is 2. The molecule has 1 aromatic carbocycles. The van der Waals surface area contributed by atoms with Gasteiger partial charge in [0.25, 0.3) is 0 Å². The molecule has 1 aromatic rings. The Kier molecular flexibility index (Phi) is 4.42. The lowest BCUT2D eigenvalue weighted by Crippen LogP contribution is -2.40. The number of benzene rings is 1. The molecule has 2 heteroatoms. The molecule has 0 radical (unpaired) electrons. The molecule has 2 atom stereocenters. The molecular weight excluding hydrogens is 246 g/mol. The summed E-state index contributed by atoms with van der Waals surface area (Å²) in [5.41, 5.74) is 0.936. The molecule has 0 bridgehead atoms. The Labute approximate surface area is 122 Å². The minimum absolute atomic E-state index is 0.418. The fraction of sp³-hybridized carbons (Fsp3) is 0.667. The van der Waals surface area contributed by atoms with E-state index in [9.17, 15) is 5.11 Å². The van der Waals surface area contributed by atoms with Crippen LogP contribution in [0.25, 0.3) is 0 Å². The third-order valence-corrected chi connectivity index (χ3v) is 5.29. The van der Waals surface area contributed by atoms with Crippen LogP contribution in [0.5, 0.6) is 0 Å². The molecule has 1 N–H and O–H groups in total. The summed E-state index contributed by atoms with van der Waals surface area (Å²) in [5, 5.41) is 11.0. The van der Waals surface area contributed by atoms with E-state index in [2.05, 4.69) is 35.2 Å². The van der Waals surface area contributed by atoms with Crippen molar-refractivity contribution < 1.29 is 5.11 Å². The molecule has 1 aliphatic heterocycles. The van der Waals surface area contributed by atoms with Gasteiger partial charge >= 0.3 is 0 Å². The van der Waals surface area contributed by atoms with Crippen molar-refractivity contribution in [3.63, 3.8) is 0 Å². The molecule has 0 spiro atoms. The Morgan fingerprint density at radius 1 is 1.10 bits per heavy atom. The predicted molar refractivity (Wildman–Crippen MR) is 82.7 cm³/mol. The van der Waals surface area contributed by atoms with Crippen LogP contribution >= 0.6 is 0 Å². The molecule has 3 rings (SSSR count). The summed E-state index contributed by atoms with van der Waals surface area (Å²) in [6.45, 7) is 3.60. The van der Waals surface area contributed by atoms with E-state index < -0.39 is 5.60 Å². The van der Waals surface area contributed by atoms with Gasteiger partial charge in [0.1, 0.15) is 0 Å². The second-order valence-electron chi connectivity index (χ2n) is 6.69. The average molecular weight is 273 g/mol. The molecule has 2 fully saturated rings. The summed E-state index contributed by atoms with van der Waals surface area (Å²) in [7, 11) is 0. The van der Waals surface area contributed by atoms with Gasteiger partial charge in [-0.05, 0) is 57.2 Å². The molecule has 1 aliphatic carbocycles. The van der Waals surface area contributed by atoms with E-state index in [1.165, 1.54) is 44.3 Å². The molecule has 2 aliphatic rings. The molecule has 0 aromatic heterocycles. The number of hydrogen-bond donors (Lipinski definition) is 1. The van der Waals surface area contributed by atoms with Gasteiger partial charge in [-0.15, -0.1) is 0 Å². The molecule has 1 heterocycles. The Bertz CT molecular complexity index is 413. The van der Waals surface area contributed by atoms with Crippen LogP contribution in [-0.4, -0.2) is 35.2 Å². The second-order valence-corrected chi connectivity index (χ2v) is 6.69. The summed E-state index contributed by atoms with van der Waals surface area (Å²) < 4.78 is 0. The number of rotatable bonds is 5. The fourth-order valence-electron chi connectivity index (χ4n) is 4.00. The highest BCUT2D eigenvalue weighted by Crippen LogP contribution is 2.39. The van der Waals surface area contributed by atoms with Gasteiger partial charge in [-0.3, -0.25) is 0 Å². The van der Waals surface area contributed by atoms with E-state index in [0.717, 1.165) is 25.8 Å². The maximum atomic E-state index is 11.0. The Morgan fingerprint density at radius 3 is 2.60 bits per heavy atom. The van der Waals surface area contributed by atoms with Crippen LogP contribution < -0.4 is 0 Å². The first-order chi connectivity index (χ1) is 9.76. The van der Waals surface area contributed by atoms with Crippen molar-refractivity contribution in [2.75, 3.05) is 19.6 Å². The van der Waals surface area contributed by atoms with Gasteiger partial charge < -0.3 is 10.0 Å². The Morgan fingerprint density at radius 2 is 1.85 bits per heavy atom. The van der Waals surface area contributed by atoms with E-state index >= 15 is 0 Å². The molecule has 1 saturated carbocycles. The van der Waals surface area contributed by atoms with Crippen LogP contribution in [-0.2, 0) is 6.42 Å². The van der Waals surface area contributed by atoms with Gasteiger partial charge in [-0.1, -0.05) is 36.8 Å². The molecule has 1 saturated heterocycles. The highest BCUT2D eigenvalue weighted by Gasteiger charge is 2.41. The van der Waals surface area contributed by atoms with E-state index in [1.807, 2.05) is 0 Å². The minimum atomic E-state index is -0.418. The van der Waals surface area contributed by atoms with Crippen LogP contribution in [0.4, 0.5) is 0 Å². The highest BCUT2D eigenvalue weighted by atomic mass is 16.3. The quantitative estimate of drug-likeness (QED) is 0.890. The number of aliphatic hydroxyl groups is 1. The highest BCUT2D eigenvalue weighted by molar-refractivity contribution is 5.15. The lowest BCUT2D eigenvalue weighted by molar-refractivity contribution is -0.0156. The van der Waals surface area contributed by atoms with Crippen molar-refractivity contribution in [3.8, 4) is 0 Å². The molecule has 0 amide bonds. The minimum Gasteiger partial charge on any atom is -0.390 e. The van der Waals surface area contributed by atoms with Crippen molar-refractivity contribution in [2.24, 2.45) is 5.92 Å². The van der Waals surface area contributed by atoms with Crippen molar-refractivity contribution in [1.82, 2.24) is 4.90 Å². The van der Waals surface area contributed by atoms with Gasteiger partial charge in [0.05, 0.1) is 5.60 Å². The SMILES string of the molecule is OC1(CCc2ccccc2)CCCC1CN1CCCC1. The number of likely N-dealkylation sites (tertiary alicyclic amines) is 1. The van der Waals surface area contributed by atoms with Gasteiger partial charge in [0.2, 0.25) is 0 Å². The first kappa shape index (κ1) is 14.1. The maximum Gasteiger partial charge on any atom is 0.0691 e. The average Bonchev–Trinajstić information content (AvgIpc) is 3.10. The zero-order valence-corrected chi connectivity index (χ0v) is 12.4. The smallest absolute Gasteiger partial charge is 0.0691 e. The van der Waals surface area contributed by atoms with Gasteiger partial charge in [-0.2, -0.15) is 0 Å². The molecule has 2 nitrogen and oxygen atoms in total. The summed E-state index contributed by atoms with van der Waals surface area (Å²) in [4.78, 5) is 2.56. The van der Waals surface area contributed by atoms with Crippen molar-refractivity contribution in [3.05, 3.63) is 35.9 Å². The third kappa shape index (κ3) is 3.24. The topological polar surface area (TPSA) is 23.5 Å². The standard InChI is InChI=1S/C18H27NO/c20-18(12-10-16-7-2-1-3-8-16)11-6-9-17(18)15-19-13-4-5-14-19/h1-3,7-8,17,20H,4-6,9-15H2. The normalized spacial score (nSPS) is 30.9. The predicted octanol–water partition coefficient (Wildman–Crippen LogP) is 3.25. The number of aryl methyl sites for hydroxylation is 1. The van der Waals surface area contributed by atoms with Gasteiger partial charge in [-0.25, -0.2) is 0 Å². The lowest BCUT2D eigenvalue weighted by Gasteiger charge is -2.33. The van der Waals surface area contributed by atoms with Crippen molar-refractivity contribution >= 4 is 0 Å². The Hall–Kier alpha value is -0.860. The van der Waals surface area contributed by atoms with Crippen LogP contribution in [0.15, 0.2) is 30.3 Å². The Balaban J connectivity index is 1.57. The van der Waals surface area contributed by atoms with Gasteiger partial charge in [0.15, 0.2) is 0 Å². The van der Waals surface area contributed by atoms with Crippen molar-refractivity contribution in [2.45, 2.75) is 50.5 Å². The molecular formula is C18H27NO. The van der Waals surface area contributed by atoms with Crippen LogP contribution in [0, 0.1) is 5.92 Å². The summed E-state index contributed by atoms with van der Waals surface area (Å²) >= 11 is 0. The first-order valence-corrected chi connectivity index (χ1v) is 8.25. The maximum absolute atomic E-state index is 11.0. The molecule has 110 valence electrons. The summed E-state index contributed by atoms with van der Waals surface area (Å²) in [5.74, 6) is 0.490. The van der Waals surface area contributed by atoms with E-state index in [-0.39, 0.29) is 0 Å². The summed E-state index contributed by atoms with van der Waals surface area (Å²) in [6.07, 6.45) is 8.03. The molecule has 20 heavy (non-hydrogen) atoms.